The molecule has 1 N–H and O–H groups in total. The van der Waals surface area contributed by atoms with Crippen LogP contribution in [0.2, 0.25) is 0 Å². The highest BCUT2D eigenvalue weighted by Gasteiger charge is 2.49. The highest BCUT2D eigenvalue weighted by Crippen LogP contribution is 2.43. The van der Waals surface area contributed by atoms with Gasteiger partial charge in [0.1, 0.15) is 47.5 Å². The molecule has 3 fully saturated rings. The van der Waals surface area contributed by atoms with Crippen LogP contribution in [0, 0.1) is 11.6 Å². The van der Waals surface area contributed by atoms with E-state index in [-0.39, 0.29) is 124 Å². The number of alkyl carbamates (subject to hydrolysis) is 1. The van der Waals surface area contributed by atoms with Crippen molar-refractivity contribution in [2.75, 3.05) is 64.6 Å². The number of rotatable bonds is 9. The van der Waals surface area contributed by atoms with Gasteiger partial charge in [-0.1, -0.05) is 12.1 Å². The Hall–Kier alpha value is -5.88. The molecule has 0 aliphatic carbocycles. The Kier molecular flexibility index (Phi) is 11.7. The highest BCUT2D eigenvalue weighted by molar-refractivity contribution is 6.02. The predicted molar refractivity (Wildman–Crippen MR) is 224 cm³/mol. The number of aromatic nitrogens is 4. The number of benzene rings is 2. The number of halogens is 4. The lowest BCUT2D eigenvalue weighted by atomic mass is 9.90. The summed E-state index contributed by atoms with van der Waals surface area (Å²) in [6, 6.07) is 10.9. The van der Waals surface area contributed by atoms with Gasteiger partial charge in [0.2, 0.25) is 0 Å². The van der Waals surface area contributed by atoms with Gasteiger partial charge in [0.05, 0.1) is 48.5 Å². The summed E-state index contributed by atoms with van der Waals surface area (Å²) in [5.74, 6) is -1.38. The molecule has 0 spiro atoms. The van der Waals surface area contributed by atoms with Crippen LogP contribution in [0.5, 0.6) is 11.8 Å². The van der Waals surface area contributed by atoms with E-state index < -0.39 is 47.2 Å². The number of hydrogen-bond donors (Lipinski definition) is 1. The van der Waals surface area contributed by atoms with Crippen LogP contribution in [-0.2, 0) is 22.4 Å². The smallest absolute Gasteiger partial charge is 0.415 e. The summed E-state index contributed by atoms with van der Waals surface area (Å²) in [6.45, 7) is 3.03. The van der Waals surface area contributed by atoms with Gasteiger partial charge in [-0.05, 0) is 85.8 Å². The van der Waals surface area contributed by atoms with E-state index in [4.69, 9.17) is 23.9 Å². The van der Waals surface area contributed by atoms with Crippen molar-refractivity contribution in [2.24, 2.45) is 0 Å². The molecule has 18 heteroatoms. The third-order valence-corrected chi connectivity index (χ3v) is 12.5. The van der Waals surface area contributed by atoms with Gasteiger partial charge in [0.25, 0.3) is 0 Å². The second-order valence-corrected chi connectivity index (χ2v) is 17.2. The third kappa shape index (κ3) is 8.62. The molecule has 3 aromatic heterocycles. The quantitative estimate of drug-likeness (QED) is 0.151. The highest BCUT2D eigenvalue weighted by atomic mass is 19.1. The number of nitrogens with one attached hydrogen (secondary N) is 1. The fraction of sp³-hybridized carbons (Fsp3) is 0.467. The van der Waals surface area contributed by atoms with E-state index in [1.54, 1.807) is 42.3 Å². The monoisotopic (exact) mass is 872 g/mol. The number of amides is 2. The fourth-order valence-corrected chi connectivity index (χ4v) is 9.72. The minimum atomic E-state index is -1.44. The maximum Gasteiger partial charge on any atom is 0.415 e. The molecule has 0 unspecified atom stereocenters. The third-order valence-electron chi connectivity index (χ3n) is 12.5. The maximum atomic E-state index is 17.7. The lowest BCUT2D eigenvalue weighted by Crippen LogP contribution is -2.60. The van der Waals surface area contributed by atoms with Crippen LogP contribution in [0.25, 0.3) is 32.9 Å². The Bertz CT molecular complexity index is 2540. The van der Waals surface area contributed by atoms with E-state index in [0.717, 1.165) is 13.0 Å². The lowest BCUT2D eigenvalue weighted by molar-refractivity contribution is 0.107. The fourth-order valence-electron chi connectivity index (χ4n) is 9.72. The van der Waals surface area contributed by atoms with Gasteiger partial charge in [-0.2, -0.15) is 9.97 Å². The zero-order valence-electron chi connectivity index (χ0n) is 35.0. The Morgan fingerprint density at radius 1 is 1.06 bits per heavy atom. The number of carbonyl (C=O) groups excluding carboxylic acids is 2. The summed E-state index contributed by atoms with van der Waals surface area (Å²) in [7, 11) is 1.51. The SMILES string of the molecule is COCCN(Cc1ccccn1)C(=O)Oc1cc2c3c(c(F)ccc3c1)CCCOC(=O)N[C@]1(C)C[C@@H](F)CN(C1)c1nc(OC[C@@]34CCCN3C[C@H](F)C4)nc3c(F)c-2ncc13. The van der Waals surface area contributed by atoms with Crippen molar-refractivity contribution in [1.82, 2.24) is 35.1 Å². The minimum absolute atomic E-state index is 0.0211. The first kappa shape index (κ1) is 42.4. The number of piperidine rings is 1. The van der Waals surface area contributed by atoms with E-state index in [1.165, 1.54) is 36.4 Å². The van der Waals surface area contributed by atoms with Gasteiger partial charge < -0.3 is 29.2 Å². The largest absolute Gasteiger partial charge is 0.461 e. The number of anilines is 1. The summed E-state index contributed by atoms with van der Waals surface area (Å²) < 4.78 is 87.3. The second-order valence-electron chi connectivity index (χ2n) is 17.2. The number of fused-ring (bicyclic) bond motifs is 7. The van der Waals surface area contributed by atoms with Crippen LogP contribution in [-0.4, -0.2) is 125 Å². The molecular weight excluding hydrogens is 825 g/mol. The molecule has 5 aromatic rings. The molecule has 14 nitrogen and oxygen atoms in total. The standard InChI is InChI=1S/C45H48F4N8O6/c1-44-19-28(46)22-56(25-44)40-34-21-51-38(37(49)39(34)52-41(53-40)62-26-45-11-6-13-57(45)23-29(47)20-45)33-18-31(63-43(59)55(14-16-60-2)24-30-7-3-4-12-50-30)17-27-9-10-35(48)32(36(27)33)8-5-15-61-42(58)54-44/h3-4,7,9-10,12,17-18,21,28-29H,5-6,8,11,13-16,19-20,22-26H2,1-2H3,(H,54,58)/t28-,29-,44-,45+/m1/s1. The van der Waals surface area contributed by atoms with E-state index in [9.17, 15) is 14.0 Å². The zero-order chi connectivity index (χ0) is 43.9. The molecule has 2 amide bonds. The average Bonchev–Trinajstić information content (AvgIpc) is 3.78. The van der Waals surface area contributed by atoms with Gasteiger partial charge in [-0.3, -0.25) is 19.8 Å². The van der Waals surface area contributed by atoms with Gasteiger partial charge >= 0.3 is 18.2 Å². The first-order valence-electron chi connectivity index (χ1n) is 21.2. The Morgan fingerprint density at radius 2 is 1.92 bits per heavy atom. The first-order chi connectivity index (χ1) is 30.4. The molecule has 0 radical (unpaired) electrons. The molecular formula is C45H48F4N8O6. The molecule has 2 aromatic carbocycles. The number of ether oxygens (including phenoxy) is 4. The molecule has 10 rings (SSSR count). The molecule has 8 heterocycles. The van der Waals surface area contributed by atoms with E-state index >= 15 is 13.2 Å². The minimum Gasteiger partial charge on any atom is -0.461 e. The lowest BCUT2D eigenvalue weighted by Gasteiger charge is -2.42. The molecule has 6 bridgehead atoms. The summed E-state index contributed by atoms with van der Waals surface area (Å²) in [5, 5.41) is 3.64. The van der Waals surface area contributed by atoms with Crippen molar-refractivity contribution in [3.05, 3.63) is 77.8 Å². The molecule has 5 aliphatic heterocycles. The topological polar surface area (TPSA) is 144 Å². The number of alkyl halides is 2. The van der Waals surface area contributed by atoms with Crippen LogP contribution >= 0.6 is 0 Å². The molecule has 4 atom stereocenters. The van der Waals surface area contributed by atoms with Gasteiger partial charge in [-0.25, -0.2) is 27.2 Å². The molecule has 5 aliphatic rings. The van der Waals surface area contributed by atoms with Crippen LogP contribution in [0.4, 0.5) is 33.0 Å². The van der Waals surface area contributed by atoms with Crippen LogP contribution in [0.3, 0.4) is 0 Å². The van der Waals surface area contributed by atoms with Crippen LogP contribution in [0.1, 0.15) is 50.3 Å². The van der Waals surface area contributed by atoms with Crippen molar-refractivity contribution in [3.63, 3.8) is 0 Å². The number of hydrogen-bond acceptors (Lipinski definition) is 12. The number of pyridine rings is 2. The Morgan fingerprint density at radius 3 is 2.75 bits per heavy atom. The van der Waals surface area contributed by atoms with Crippen molar-refractivity contribution >= 4 is 39.7 Å². The van der Waals surface area contributed by atoms with E-state index in [2.05, 4.69) is 25.2 Å². The average molecular weight is 873 g/mol. The first-order valence-corrected chi connectivity index (χ1v) is 21.2. The predicted octanol–water partition coefficient (Wildman–Crippen LogP) is 7.10. The number of aryl methyl sites for hydroxylation is 1. The summed E-state index contributed by atoms with van der Waals surface area (Å²) in [4.78, 5) is 50.4. The summed E-state index contributed by atoms with van der Waals surface area (Å²) in [5.41, 5.74) is -1.29. The van der Waals surface area contributed by atoms with E-state index in [0.29, 0.717) is 22.9 Å². The van der Waals surface area contributed by atoms with Crippen LogP contribution in [0.15, 0.2) is 54.9 Å². The number of carbonyl (C=O) groups is 2. The summed E-state index contributed by atoms with van der Waals surface area (Å²) >= 11 is 0. The van der Waals surface area contributed by atoms with Crippen molar-refractivity contribution in [2.45, 2.75) is 75.4 Å². The number of methoxy groups -OCH3 is 1. The van der Waals surface area contributed by atoms with Crippen molar-refractivity contribution < 1.29 is 46.1 Å². The number of nitrogens with zero attached hydrogens (tertiary/aromatic N) is 7. The Balaban J connectivity index is 1.19. The van der Waals surface area contributed by atoms with Gasteiger partial charge in [0.15, 0.2) is 5.82 Å². The summed E-state index contributed by atoms with van der Waals surface area (Å²) in [6.07, 6.45) is 1.06. The molecule has 332 valence electrons. The zero-order valence-corrected chi connectivity index (χ0v) is 35.0. The molecule has 3 saturated heterocycles. The second kappa shape index (κ2) is 17.4. The van der Waals surface area contributed by atoms with Crippen molar-refractivity contribution in [1.29, 1.82) is 0 Å². The molecule has 0 saturated carbocycles. The molecule has 63 heavy (non-hydrogen) atoms. The normalized spacial score (nSPS) is 23.7. The maximum absolute atomic E-state index is 17.7. The van der Waals surface area contributed by atoms with Crippen molar-refractivity contribution in [3.8, 4) is 23.0 Å². The van der Waals surface area contributed by atoms with Crippen LogP contribution < -0.4 is 19.7 Å². The Labute approximate surface area is 360 Å². The van der Waals surface area contributed by atoms with Gasteiger partial charge in [-0.15, -0.1) is 0 Å². The van der Waals surface area contributed by atoms with Gasteiger partial charge in [0, 0.05) is 57.5 Å². The van der Waals surface area contributed by atoms with E-state index in [1.807, 2.05) is 0 Å².